The van der Waals surface area contributed by atoms with Crippen molar-refractivity contribution in [2.24, 2.45) is 0 Å². The maximum atomic E-state index is 12.8. The first-order valence-electron chi connectivity index (χ1n) is 8.16. The van der Waals surface area contributed by atoms with E-state index < -0.39 is 10.8 Å². The summed E-state index contributed by atoms with van der Waals surface area (Å²) in [5.41, 5.74) is 0.796. The maximum Gasteiger partial charge on any atom is 0.270 e. The number of likely N-dealkylation sites (N-methyl/N-ethyl adjacent to an activating group) is 1. The van der Waals surface area contributed by atoms with Crippen LogP contribution in [0, 0.1) is 17.0 Å². The number of amides is 2. The molecule has 144 valence electrons. The molecule has 10 heteroatoms. The molecule has 0 saturated carbocycles. The van der Waals surface area contributed by atoms with E-state index in [9.17, 15) is 19.7 Å². The molecule has 2 rings (SSSR count). The van der Waals surface area contributed by atoms with E-state index >= 15 is 0 Å². The SMILES string of the molecule is Cc1csc(NC(=O)CN(CCN(C)C)C(=O)c2cccc([N+](=O)[O-])c2)n1. The highest BCUT2D eigenvalue weighted by molar-refractivity contribution is 7.13. The molecular weight excluding hydrogens is 370 g/mol. The van der Waals surface area contributed by atoms with E-state index in [2.05, 4.69) is 10.3 Å². The highest BCUT2D eigenvalue weighted by atomic mass is 32.1. The minimum absolute atomic E-state index is 0.167. The number of nitrogens with zero attached hydrogens (tertiary/aromatic N) is 4. The van der Waals surface area contributed by atoms with Gasteiger partial charge in [0.15, 0.2) is 5.13 Å². The summed E-state index contributed by atoms with van der Waals surface area (Å²) in [7, 11) is 3.71. The van der Waals surface area contributed by atoms with Gasteiger partial charge in [-0.05, 0) is 27.1 Å². The van der Waals surface area contributed by atoms with E-state index in [1.165, 1.54) is 40.5 Å². The van der Waals surface area contributed by atoms with Gasteiger partial charge in [0.05, 0.1) is 10.6 Å². The van der Waals surface area contributed by atoms with Gasteiger partial charge in [0.2, 0.25) is 5.91 Å². The number of non-ortho nitro benzene ring substituents is 1. The summed E-state index contributed by atoms with van der Waals surface area (Å²) in [6, 6.07) is 5.49. The predicted molar refractivity (Wildman–Crippen MR) is 103 cm³/mol. The second-order valence-corrected chi connectivity index (χ2v) is 7.04. The standard InChI is InChI=1S/C17H21N5O4S/c1-12-11-27-17(18-12)19-15(23)10-21(8-7-20(2)3)16(24)13-5-4-6-14(9-13)22(25)26/h4-6,9,11H,7-8,10H2,1-3H3,(H,18,19,23). The van der Waals surface area contributed by atoms with Crippen LogP contribution in [0.3, 0.4) is 0 Å². The number of benzene rings is 1. The minimum atomic E-state index is -0.557. The number of carbonyl (C=O) groups is 2. The van der Waals surface area contributed by atoms with E-state index in [4.69, 9.17) is 0 Å². The lowest BCUT2D eigenvalue weighted by atomic mass is 10.1. The molecule has 0 aliphatic carbocycles. The van der Waals surface area contributed by atoms with Gasteiger partial charge in [0.25, 0.3) is 11.6 Å². The highest BCUT2D eigenvalue weighted by Crippen LogP contribution is 2.16. The van der Waals surface area contributed by atoms with Gasteiger partial charge in [-0.1, -0.05) is 6.07 Å². The Bertz CT molecular complexity index is 836. The molecule has 0 aliphatic rings. The first kappa shape index (κ1) is 20.5. The van der Waals surface area contributed by atoms with Gasteiger partial charge >= 0.3 is 0 Å². The van der Waals surface area contributed by atoms with Gasteiger partial charge in [-0.25, -0.2) is 4.98 Å². The van der Waals surface area contributed by atoms with Gasteiger partial charge in [0.1, 0.15) is 6.54 Å². The number of hydrogen-bond acceptors (Lipinski definition) is 7. The number of nitro benzene ring substituents is 1. The third kappa shape index (κ3) is 6.12. The van der Waals surface area contributed by atoms with Crippen molar-refractivity contribution in [3.05, 3.63) is 51.0 Å². The fourth-order valence-corrected chi connectivity index (χ4v) is 2.96. The molecular formula is C17H21N5O4S. The lowest BCUT2D eigenvalue weighted by molar-refractivity contribution is -0.384. The molecule has 0 fully saturated rings. The maximum absolute atomic E-state index is 12.8. The second-order valence-electron chi connectivity index (χ2n) is 6.18. The molecule has 1 aromatic heterocycles. The first-order chi connectivity index (χ1) is 12.8. The third-order valence-electron chi connectivity index (χ3n) is 3.61. The van der Waals surface area contributed by atoms with Crippen LogP contribution in [-0.4, -0.2) is 65.3 Å². The Hall–Kier alpha value is -2.85. The largest absolute Gasteiger partial charge is 0.328 e. The Balaban J connectivity index is 2.14. The summed E-state index contributed by atoms with van der Waals surface area (Å²) >= 11 is 1.30. The number of thiazole rings is 1. The average Bonchev–Trinajstić information content (AvgIpc) is 3.02. The van der Waals surface area contributed by atoms with Crippen LogP contribution >= 0.6 is 11.3 Å². The number of carbonyl (C=O) groups excluding carboxylic acids is 2. The molecule has 0 atom stereocenters. The number of nitro groups is 1. The highest BCUT2D eigenvalue weighted by Gasteiger charge is 2.21. The smallest absolute Gasteiger partial charge is 0.270 e. The fourth-order valence-electron chi connectivity index (χ4n) is 2.25. The van der Waals surface area contributed by atoms with Crippen molar-refractivity contribution < 1.29 is 14.5 Å². The molecule has 1 aromatic carbocycles. The van der Waals surface area contributed by atoms with Crippen molar-refractivity contribution in [2.75, 3.05) is 39.0 Å². The van der Waals surface area contributed by atoms with E-state index in [0.717, 1.165) is 5.69 Å². The molecule has 2 amide bonds. The van der Waals surface area contributed by atoms with Crippen LogP contribution in [0.2, 0.25) is 0 Å². The zero-order valence-corrected chi connectivity index (χ0v) is 16.2. The van der Waals surface area contributed by atoms with Crippen molar-refractivity contribution in [1.29, 1.82) is 0 Å². The zero-order chi connectivity index (χ0) is 20.0. The lowest BCUT2D eigenvalue weighted by Gasteiger charge is -2.23. The summed E-state index contributed by atoms with van der Waals surface area (Å²) in [6.45, 7) is 2.50. The quantitative estimate of drug-likeness (QED) is 0.545. The molecule has 9 nitrogen and oxygen atoms in total. The van der Waals surface area contributed by atoms with Crippen molar-refractivity contribution in [1.82, 2.24) is 14.8 Å². The van der Waals surface area contributed by atoms with Crippen LogP contribution in [0.25, 0.3) is 0 Å². The van der Waals surface area contributed by atoms with Gasteiger partial charge in [0, 0.05) is 36.2 Å². The summed E-state index contributed by atoms with van der Waals surface area (Å²) in [5, 5.41) is 15.9. The summed E-state index contributed by atoms with van der Waals surface area (Å²) in [6.07, 6.45) is 0. The van der Waals surface area contributed by atoms with E-state index in [1.54, 1.807) is 0 Å². The number of hydrogen-bond donors (Lipinski definition) is 1. The van der Waals surface area contributed by atoms with Gasteiger partial charge in [-0.3, -0.25) is 19.7 Å². The molecule has 27 heavy (non-hydrogen) atoms. The molecule has 0 bridgehead atoms. The number of aryl methyl sites for hydroxylation is 1. The van der Waals surface area contributed by atoms with Gasteiger partial charge < -0.3 is 15.1 Å². The summed E-state index contributed by atoms with van der Waals surface area (Å²) in [5.74, 6) is -0.812. The van der Waals surface area contributed by atoms with Crippen molar-refractivity contribution in [3.8, 4) is 0 Å². The number of aromatic nitrogens is 1. The molecule has 0 spiro atoms. The first-order valence-corrected chi connectivity index (χ1v) is 9.04. The summed E-state index contributed by atoms with van der Waals surface area (Å²) in [4.78, 5) is 43.0. The number of rotatable bonds is 8. The number of nitrogens with one attached hydrogen (secondary N) is 1. The monoisotopic (exact) mass is 391 g/mol. The lowest BCUT2D eigenvalue weighted by Crippen LogP contribution is -2.41. The molecule has 0 unspecified atom stereocenters. The van der Waals surface area contributed by atoms with Crippen LogP contribution < -0.4 is 5.32 Å². The normalized spacial score (nSPS) is 10.7. The van der Waals surface area contributed by atoms with Crippen molar-refractivity contribution in [2.45, 2.75) is 6.92 Å². The van der Waals surface area contributed by atoms with Crippen molar-refractivity contribution >= 4 is 34.0 Å². The second kappa shape index (κ2) is 9.19. The van der Waals surface area contributed by atoms with Crippen LogP contribution in [0.15, 0.2) is 29.6 Å². The average molecular weight is 391 g/mol. The predicted octanol–water partition coefficient (Wildman–Crippen LogP) is 2.00. The minimum Gasteiger partial charge on any atom is -0.328 e. The van der Waals surface area contributed by atoms with Crippen LogP contribution in [-0.2, 0) is 4.79 Å². The van der Waals surface area contributed by atoms with E-state index in [1.807, 2.05) is 31.3 Å². The van der Waals surface area contributed by atoms with E-state index in [0.29, 0.717) is 18.2 Å². The number of anilines is 1. The Morgan fingerprint density at radius 1 is 1.30 bits per heavy atom. The zero-order valence-electron chi connectivity index (χ0n) is 15.3. The molecule has 1 N–H and O–H groups in total. The third-order valence-corrected chi connectivity index (χ3v) is 4.48. The van der Waals surface area contributed by atoms with Crippen LogP contribution in [0.5, 0.6) is 0 Å². The summed E-state index contributed by atoms with van der Waals surface area (Å²) < 4.78 is 0. The topological polar surface area (TPSA) is 109 Å². The Morgan fingerprint density at radius 2 is 2.04 bits per heavy atom. The molecule has 0 saturated heterocycles. The van der Waals surface area contributed by atoms with Gasteiger partial charge in [-0.2, -0.15) is 0 Å². The Kier molecular flexibility index (Phi) is 6.97. The van der Waals surface area contributed by atoms with Crippen molar-refractivity contribution in [3.63, 3.8) is 0 Å². The van der Waals surface area contributed by atoms with Crippen LogP contribution in [0.1, 0.15) is 16.1 Å². The van der Waals surface area contributed by atoms with E-state index in [-0.39, 0.29) is 23.7 Å². The van der Waals surface area contributed by atoms with Gasteiger partial charge in [-0.15, -0.1) is 11.3 Å². The Labute approximate surface area is 160 Å². The Morgan fingerprint density at radius 3 is 2.63 bits per heavy atom. The molecule has 1 heterocycles. The van der Waals surface area contributed by atoms with Crippen LogP contribution in [0.4, 0.5) is 10.8 Å². The molecule has 0 radical (unpaired) electrons. The molecule has 0 aliphatic heterocycles. The fraction of sp³-hybridized carbons (Fsp3) is 0.353. The molecule has 2 aromatic rings.